The second-order valence-electron chi connectivity index (χ2n) is 11.3. The van der Waals surface area contributed by atoms with E-state index in [2.05, 4.69) is 37.5 Å². The molecular formula is C29H38N8O4S. The molecule has 1 aliphatic carbocycles. The van der Waals surface area contributed by atoms with Gasteiger partial charge in [-0.1, -0.05) is 6.92 Å². The second kappa shape index (κ2) is 11.9. The summed E-state index contributed by atoms with van der Waals surface area (Å²) in [4.78, 5) is 37.2. The van der Waals surface area contributed by atoms with Crippen molar-refractivity contribution in [2.45, 2.75) is 77.5 Å². The van der Waals surface area contributed by atoms with E-state index in [4.69, 9.17) is 15.2 Å². The van der Waals surface area contributed by atoms with Crippen molar-refractivity contribution in [3.63, 3.8) is 0 Å². The van der Waals surface area contributed by atoms with Crippen LogP contribution in [0.1, 0.15) is 72.7 Å². The summed E-state index contributed by atoms with van der Waals surface area (Å²) < 4.78 is 13.3. The van der Waals surface area contributed by atoms with Gasteiger partial charge in [0.05, 0.1) is 16.4 Å². The van der Waals surface area contributed by atoms with Gasteiger partial charge in [0.2, 0.25) is 5.88 Å². The summed E-state index contributed by atoms with van der Waals surface area (Å²) >= 11 is 1.37. The van der Waals surface area contributed by atoms with Crippen LogP contribution in [0.3, 0.4) is 0 Å². The van der Waals surface area contributed by atoms with Crippen LogP contribution in [0.15, 0.2) is 18.0 Å². The smallest absolute Gasteiger partial charge is 0.334 e. The predicted molar refractivity (Wildman–Crippen MR) is 161 cm³/mol. The molecule has 0 radical (unpaired) electrons. The number of amides is 1. The molecule has 5 heterocycles. The number of fused-ring (bicyclic) bond motifs is 1. The Labute approximate surface area is 248 Å². The Kier molecular flexibility index (Phi) is 8.04. The molecule has 0 aromatic carbocycles. The summed E-state index contributed by atoms with van der Waals surface area (Å²) in [6.45, 7) is 8.34. The lowest BCUT2D eigenvalue weighted by Gasteiger charge is -2.34. The Balaban J connectivity index is 1.18. The molecule has 13 heteroatoms. The molecule has 0 bridgehead atoms. The number of hydrogen-bond acceptors (Lipinski definition) is 11. The number of nitrogens with zero attached hydrogens (tertiary/aromatic N) is 5. The maximum absolute atomic E-state index is 13.5. The van der Waals surface area contributed by atoms with Crippen LogP contribution >= 0.6 is 11.3 Å². The van der Waals surface area contributed by atoms with Gasteiger partial charge in [-0.25, -0.2) is 19.3 Å². The van der Waals surface area contributed by atoms with Gasteiger partial charge in [-0.3, -0.25) is 4.79 Å². The number of nitrogen functional groups attached to an aromatic ring is 1. The van der Waals surface area contributed by atoms with Gasteiger partial charge in [0, 0.05) is 36.3 Å². The monoisotopic (exact) mass is 594 g/mol. The van der Waals surface area contributed by atoms with Crippen LogP contribution in [0.5, 0.6) is 5.88 Å². The van der Waals surface area contributed by atoms with Gasteiger partial charge in [-0.2, -0.15) is 5.10 Å². The molecule has 12 nitrogen and oxygen atoms in total. The molecule has 0 unspecified atom stereocenters. The lowest BCUT2D eigenvalue weighted by Crippen LogP contribution is -2.47. The van der Waals surface area contributed by atoms with Crippen molar-refractivity contribution in [1.29, 1.82) is 0 Å². The quantitative estimate of drug-likeness (QED) is 0.332. The first-order valence-corrected chi connectivity index (χ1v) is 15.6. The largest absolute Gasteiger partial charge is 0.473 e. The Bertz CT molecular complexity index is 1520. The number of carbonyl (C=O) groups is 2. The molecule has 1 amide bonds. The number of ether oxygens (including phenoxy) is 2. The number of esters is 1. The summed E-state index contributed by atoms with van der Waals surface area (Å²) in [6, 6.07) is 2.45. The summed E-state index contributed by atoms with van der Waals surface area (Å²) in [5.41, 5.74) is 9.98. The van der Waals surface area contributed by atoms with E-state index >= 15 is 0 Å². The molecule has 42 heavy (non-hydrogen) atoms. The number of cyclic esters (lactones) is 1. The number of hydrogen-bond donors (Lipinski definition) is 3. The number of aromatic nitrogens is 4. The Morgan fingerprint density at radius 2 is 2.02 bits per heavy atom. The van der Waals surface area contributed by atoms with Crippen molar-refractivity contribution in [2.24, 2.45) is 0 Å². The molecular weight excluding hydrogens is 556 g/mol. The number of aryl methyl sites for hydroxylation is 1. The zero-order valence-corrected chi connectivity index (χ0v) is 25.1. The van der Waals surface area contributed by atoms with Crippen LogP contribution in [-0.2, 0) is 9.53 Å². The average Bonchev–Trinajstić information content (AvgIpc) is 3.65. The van der Waals surface area contributed by atoms with Gasteiger partial charge in [0.15, 0.2) is 10.7 Å². The van der Waals surface area contributed by atoms with Gasteiger partial charge in [0.25, 0.3) is 5.91 Å². The van der Waals surface area contributed by atoms with Crippen LogP contribution in [0.25, 0.3) is 11.1 Å². The third-order valence-electron chi connectivity index (χ3n) is 8.43. The van der Waals surface area contributed by atoms with Crippen molar-refractivity contribution >= 4 is 45.8 Å². The highest BCUT2D eigenvalue weighted by atomic mass is 32.1. The number of anilines is 2. The fraction of sp³-hybridized carbons (Fsp3) is 0.552. The van der Waals surface area contributed by atoms with Crippen LogP contribution in [0, 0.1) is 6.92 Å². The van der Waals surface area contributed by atoms with E-state index in [0.29, 0.717) is 40.3 Å². The zero-order chi connectivity index (χ0) is 29.4. The number of nitrogens with one attached hydrogen (secondary N) is 2. The summed E-state index contributed by atoms with van der Waals surface area (Å²) in [6.07, 6.45) is 7.24. The van der Waals surface area contributed by atoms with E-state index in [1.807, 2.05) is 13.0 Å². The lowest BCUT2D eigenvalue weighted by atomic mass is 9.93. The Morgan fingerprint density at radius 3 is 2.76 bits per heavy atom. The minimum Gasteiger partial charge on any atom is -0.473 e. The molecule has 4 N–H and O–H groups in total. The molecule has 3 aliphatic rings. The van der Waals surface area contributed by atoms with Crippen molar-refractivity contribution in [1.82, 2.24) is 30.2 Å². The van der Waals surface area contributed by atoms with Crippen molar-refractivity contribution in [3.05, 3.63) is 33.5 Å². The number of carbonyl (C=O) groups excluding carboxylic acids is 2. The van der Waals surface area contributed by atoms with E-state index in [-0.39, 0.29) is 30.6 Å². The van der Waals surface area contributed by atoms with E-state index in [1.165, 1.54) is 17.7 Å². The van der Waals surface area contributed by atoms with Crippen LogP contribution in [0.2, 0.25) is 0 Å². The lowest BCUT2D eigenvalue weighted by molar-refractivity contribution is -0.135. The summed E-state index contributed by atoms with van der Waals surface area (Å²) in [7, 11) is 0. The standard InChI is InChI=1S/C29H38N8O4S/c1-4-31-18-7-9-20(10-8-18)41-28-25(42-17(3)34-28)27(38)35-19-6-5-11-36(13-19)23-12-22(21-14-40-29(39)16(21)2)37-24(23)26(30)32-15-33-37/h12,15,18-20,31H,4-11,13-14H2,1-3H3,(H,35,38)(H2,30,32,33)/t18?,19-,20?/m1/s1. The fourth-order valence-electron chi connectivity index (χ4n) is 6.28. The normalized spacial score (nSPS) is 23.0. The minimum atomic E-state index is -0.327. The van der Waals surface area contributed by atoms with Gasteiger partial charge >= 0.3 is 5.97 Å². The zero-order valence-electron chi connectivity index (χ0n) is 24.3. The first kappa shape index (κ1) is 28.4. The van der Waals surface area contributed by atoms with Crippen molar-refractivity contribution < 1.29 is 19.1 Å². The molecule has 2 aliphatic heterocycles. The Hall–Kier alpha value is -3.71. The number of nitrogens with two attached hydrogens (primary N) is 1. The van der Waals surface area contributed by atoms with E-state index in [1.54, 1.807) is 11.4 Å². The SMILES string of the molecule is CCNC1CCC(Oc2nc(C)sc2C(=O)N[C@@H]2CCCN(c3cc(C4=C(C)C(=O)OC4)n4ncnc(N)c34)C2)CC1. The molecule has 6 rings (SSSR count). The van der Waals surface area contributed by atoms with E-state index in [9.17, 15) is 9.59 Å². The molecule has 1 saturated heterocycles. The third kappa shape index (κ3) is 5.54. The number of thiazole rings is 1. The first-order chi connectivity index (χ1) is 20.3. The van der Waals surface area contributed by atoms with Crippen LogP contribution < -0.4 is 26.0 Å². The van der Waals surface area contributed by atoms with E-state index in [0.717, 1.165) is 73.6 Å². The molecule has 0 spiro atoms. The molecule has 2 fully saturated rings. The average molecular weight is 595 g/mol. The van der Waals surface area contributed by atoms with Crippen molar-refractivity contribution in [3.8, 4) is 5.88 Å². The van der Waals surface area contributed by atoms with Gasteiger partial charge in [-0.15, -0.1) is 11.3 Å². The van der Waals surface area contributed by atoms with Gasteiger partial charge in [-0.05, 0) is 65.0 Å². The summed E-state index contributed by atoms with van der Waals surface area (Å²) in [5.74, 6) is 0.311. The highest BCUT2D eigenvalue weighted by Crippen LogP contribution is 2.36. The highest BCUT2D eigenvalue weighted by Gasteiger charge is 2.31. The van der Waals surface area contributed by atoms with Gasteiger partial charge < -0.3 is 30.7 Å². The maximum Gasteiger partial charge on any atom is 0.334 e. The maximum atomic E-state index is 13.5. The first-order valence-electron chi connectivity index (χ1n) is 14.7. The molecule has 3 aromatic heterocycles. The second-order valence-corrected chi connectivity index (χ2v) is 12.5. The Morgan fingerprint density at radius 1 is 1.21 bits per heavy atom. The van der Waals surface area contributed by atoms with E-state index < -0.39 is 0 Å². The highest BCUT2D eigenvalue weighted by molar-refractivity contribution is 7.13. The fourth-order valence-corrected chi connectivity index (χ4v) is 7.03. The summed E-state index contributed by atoms with van der Waals surface area (Å²) in [5, 5.41) is 12.0. The third-order valence-corrected chi connectivity index (χ3v) is 9.38. The topological polar surface area (TPSA) is 149 Å². The predicted octanol–water partition coefficient (Wildman–Crippen LogP) is 3.11. The number of rotatable bonds is 8. The molecule has 224 valence electrons. The van der Waals surface area contributed by atoms with Crippen LogP contribution in [-0.4, -0.2) is 75.9 Å². The molecule has 1 saturated carbocycles. The van der Waals surface area contributed by atoms with Gasteiger partial charge in [0.1, 0.15) is 24.6 Å². The number of piperidine rings is 1. The van der Waals surface area contributed by atoms with Crippen molar-refractivity contribution in [2.75, 3.05) is 36.9 Å². The minimum absolute atomic E-state index is 0.0717. The molecule has 1 atom stereocenters. The molecule has 3 aromatic rings. The van der Waals surface area contributed by atoms with Crippen LogP contribution in [0.4, 0.5) is 11.5 Å².